The van der Waals surface area contributed by atoms with Crippen LogP contribution in [0.3, 0.4) is 0 Å². The smallest absolute Gasteiger partial charge is 0.000139 e. The van der Waals surface area contributed by atoms with Gasteiger partial charge in [0, 0.05) is 0 Å². The first-order valence-electron chi connectivity index (χ1n) is 22.8. The van der Waals surface area contributed by atoms with E-state index in [9.17, 15) is 0 Å². The van der Waals surface area contributed by atoms with Gasteiger partial charge in [-0.2, -0.15) is 0 Å². The van der Waals surface area contributed by atoms with E-state index in [0.717, 1.165) is 0 Å². The molecule has 0 aliphatic carbocycles. The normalized spacial score (nSPS) is 11.3. The third-order valence-electron chi connectivity index (χ3n) is 13.3. The zero-order chi connectivity index (χ0) is 43.8. The van der Waals surface area contributed by atoms with E-state index in [0.29, 0.717) is 0 Å². The lowest BCUT2D eigenvalue weighted by atomic mass is 9.77. The van der Waals surface area contributed by atoms with Gasteiger partial charge in [-0.1, -0.05) is 255 Å². The molecule has 0 spiro atoms. The Morgan fingerprint density at radius 3 is 0.606 bits per heavy atom. The second kappa shape index (κ2) is 16.8. The number of hydrogen-bond acceptors (Lipinski definition) is 0. The molecule has 12 aromatic rings. The topological polar surface area (TPSA) is 0 Å². The van der Waals surface area contributed by atoms with E-state index in [2.05, 4.69) is 267 Å². The quantitative estimate of drug-likeness (QED) is 0.134. The summed E-state index contributed by atoms with van der Waals surface area (Å²) in [6.45, 7) is 0. The Bertz CT molecular complexity index is 3410. The molecule has 0 fully saturated rings. The number of benzene rings is 12. The molecule has 0 atom stereocenters. The average molecular weight is 837 g/mol. The van der Waals surface area contributed by atoms with E-state index < -0.39 is 0 Å². The Kier molecular flexibility index (Phi) is 9.97. The molecule has 66 heavy (non-hydrogen) atoms. The fraction of sp³-hybridized carbons (Fsp3) is 0. The maximum Gasteiger partial charge on any atom is -0.000139 e. The predicted octanol–water partition coefficient (Wildman–Crippen LogP) is 18.5. The SMILES string of the molecule is c1ccc(-c2ccc(-c3ccc4c(-c5ccccc5)c5c(-c6ccccc6)c6cc(-c7ccc(-c8ccccc8)cc7)ccc6c(-c6ccccc6)c5c(-c5ccccc5)c4c3)cc2)cc1. The lowest BCUT2D eigenvalue weighted by molar-refractivity contribution is 1.59. The van der Waals surface area contributed by atoms with Gasteiger partial charge < -0.3 is 0 Å². The van der Waals surface area contributed by atoms with Gasteiger partial charge in [0.1, 0.15) is 0 Å². The number of rotatable bonds is 8. The van der Waals surface area contributed by atoms with Crippen LogP contribution in [0.25, 0.3) is 121 Å². The van der Waals surface area contributed by atoms with E-state index in [1.54, 1.807) is 0 Å². The molecule has 308 valence electrons. The van der Waals surface area contributed by atoms with Crippen LogP contribution in [-0.4, -0.2) is 0 Å². The van der Waals surface area contributed by atoms with Crippen molar-refractivity contribution >= 4 is 32.3 Å². The molecule has 0 heterocycles. The maximum absolute atomic E-state index is 2.45. The molecule has 0 heteroatoms. The van der Waals surface area contributed by atoms with Crippen molar-refractivity contribution in [1.82, 2.24) is 0 Å². The lowest BCUT2D eigenvalue weighted by Crippen LogP contribution is -1.98. The molecule has 0 amide bonds. The van der Waals surface area contributed by atoms with Crippen molar-refractivity contribution in [2.24, 2.45) is 0 Å². The Morgan fingerprint density at radius 2 is 0.333 bits per heavy atom. The zero-order valence-corrected chi connectivity index (χ0v) is 36.4. The highest BCUT2D eigenvalue weighted by atomic mass is 14.3. The summed E-state index contributed by atoms with van der Waals surface area (Å²) >= 11 is 0. The van der Waals surface area contributed by atoms with Crippen molar-refractivity contribution in [3.05, 3.63) is 267 Å². The second-order valence-electron chi connectivity index (χ2n) is 17.1. The molecule has 0 saturated carbocycles. The van der Waals surface area contributed by atoms with Crippen LogP contribution in [0, 0.1) is 0 Å². The molecule has 0 N–H and O–H groups in total. The Hall–Kier alpha value is -8.58. The van der Waals surface area contributed by atoms with Crippen molar-refractivity contribution < 1.29 is 0 Å². The third kappa shape index (κ3) is 6.97. The van der Waals surface area contributed by atoms with Gasteiger partial charge in [0.2, 0.25) is 0 Å². The van der Waals surface area contributed by atoms with Crippen molar-refractivity contribution in [1.29, 1.82) is 0 Å². The summed E-state index contributed by atoms with van der Waals surface area (Å²) in [4.78, 5) is 0. The standard InChI is InChI=1S/C66H44/c1-7-19-45(20-8-1)47-31-35-49(36-32-47)55-39-41-57-59(43-55)63(53-27-15-5-16-28-53)65-62(52-25-13-4-14-26-52)58-42-40-56(50-37-33-48(34-38-50)46-21-9-2-10-22-46)44-60(58)64(54-29-17-6-18-30-54)66(65)61(57)51-23-11-3-12-24-51/h1-44H. The average Bonchev–Trinajstić information content (AvgIpc) is 3.41. The van der Waals surface area contributed by atoms with Gasteiger partial charge in [-0.05, 0) is 133 Å². The van der Waals surface area contributed by atoms with Crippen molar-refractivity contribution in [2.75, 3.05) is 0 Å². The van der Waals surface area contributed by atoms with Crippen molar-refractivity contribution in [3.63, 3.8) is 0 Å². The third-order valence-corrected chi connectivity index (χ3v) is 13.3. The molecule has 0 bridgehead atoms. The molecule has 0 nitrogen and oxygen atoms in total. The molecule has 0 aliphatic heterocycles. The van der Waals surface area contributed by atoms with Crippen LogP contribution in [0.4, 0.5) is 0 Å². The first-order valence-corrected chi connectivity index (χ1v) is 22.8. The highest BCUT2D eigenvalue weighted by Gasteiger charge is 2.26. The largest absolute Gasteiger partial charge is 0.0622 e. The summed E-state index contributed by atoms with van der Waals surface area (Å²) < 4.78 is 0. The summed E-state index contributed by atoms with van der Waals surface area (Å²) in [5.74, 6) is 0. The molecule has 0 unspecified atom stereocenters. The van der Waals surface area contributed by atoms with Gasteiger partial charge in [0.25, 0.3) is 0 Å². The van der Waals surface area contributed by atoms with Crippen LogP contribution in [0.1, 0.15) is 0 Å². The fourth-order valence-electron chi connectivity index (χ4n) is 10.2. The van der Waals surface area contributed by atoms with Crippen molar-refractivity contribution in [2.45, 2.75) is 0 Å². The van der Waals surface area contributed by atoms with Gasteiger partial charge in [-0.15, -0.1) is 0 Å². The minimum absolute atomic E-state index is 1.19. The van der Waals surface area contributed by atoms with Crippen LogP contribution in [0.5, 0.6) is 0 Å². The maximum atomic E-state index is 2.45. The minimum Gasteiger partial charge on any atom is -0.0622 e. The van der Waals surface area contributed by atoms with E-state index in [4.69, 9.17) is 0 Å². The summed E-state index contributed by atoms with van der Waals surface area (Å²) in [5, 5.41) is 7.40. The first-order chi connectivity index (χ1) is 32.8. The van der Waals surface area contributed by atoms with E-state index >= 15 is 0 Å². The molecular formula is C66H44. The molecule has 12 rings (SSSR count). The summed E-state index contributed by atoms with van der Waals surface area (Å²) in [6, 6.07) is 98.0. The highest BCUT2D eigenvalue weighted by Crippen LogP contribution is 2.54. The molecule has 0 radical (unpaired) electrons. The van der Waals surface area contributed by atoms with E-state index in [1.807, 2.05) is 0 Å². The summed E-state index contributed by atoms with van der Waals surface area (Å²) in [5.41, 5.74) is 19.3. The monoisotopic (exact) mass is 836 g/mol. The Balaban J connectivity index is 1.23. The van der Waals surface area contributed by atoms with E-state index in [-0.39, 0.29) is 0 Å². The van der Waals surface area contributed by atoms with Crippen molar-refractivity contribution in [3.8, 4) is 89.0 Å². The molecular weight excluding hydrogens is 793 g/mol. The molecule has 0 saturated heterocycles. The van der Waals surface area contributed by atoms with Gasteiger partial charge in [0.15, 0.2) is 0 Å². The van der Waals surface area contributed by atoms with Gasteiger partial charge in [-0.3, -0.25) is 0 Å². The summed E-state index contributed by atoms with van der Waals surface area (Å²) in [6.07, 6.45) is 0. The van der Waals surface area contributed by atoms with Crippen LogP contribution in [0.2, 0.25) is 0 Å². The highest BCUT2D eigenvalue weighted by molar-refractivity contribution is 6.34. The number of fused-ring (bicyclic) bond motifs is 3. The molecule has 0 aliphatic rings. The van der Waals surface area contributed by atoms with Crippen LogP contribution in [-0.2, 0) is 0 Å². The second-order valence-corrected chi connectivity index (χ2v) is 17.1. The van der Waals surface area contributed by atoms with Gasteiger partial charge in [0.05, 0.1) is 0 Å². The van der Waals surface area contributed by atoms with Gasteiger partial charge in [-0.25, -0.2) is 0 Å². The fourth-order valence-corrected chi connectivity index (χ4v) is 10.2. The number of hydrogen-bond donors (Lipinski definition) is 0. The lowest BCUT2D eigenvalue weighted by Gasteiger charge is -2.26. The van der Waals surface area contributed by atoms with E-state index in [1.165, 1.54) is 121 Å². The Morgan fingerprint density at radius 1 is 0.136 bits per heavy atom. The van der Waals surface area contributed by atoms with Crippen LogP contribution in [0.15, 0.2) is 267 Å². The summed E-state index contributed by atoms with van der Waals surface area (Å²) in [7, 11) is 0. The van der Waals surface area contributed by atoms with Crippen LogP contribution < -0.4 is 0 Å². The van der Waals surface area contributed by atoms with Crippen LogP contribution >= 0.6 is 0 Å². The van der Waals surface area contributed by atoms with Gasteiger partial charge >= 0.3 is 0 Å². The zero-order valence-electron chi connectivity index (χ0n) is 36.4. The Labute approximate surface area is 386 Å². The molecule has 12 aromatic carbocycles. The first kappa shape index (κ1) is 39.0. The minimum atomic E-state index is 1.19. The molecule has 0 aromatic heterocycles. The predicted molar refractivity (Wildman–Crippen MR) is 282 cm³/mol.